The normalized spacial score (nSPS) is 10.5. The maximum absolute atomic E-state index is 10.2. The van der Waals surface area contributed by atoms with Crippen LogP contribution in [-0.4, -0.2) is 17.4 Å². The predicted octanol–water partition coefficient (Wildman–Crippen LogP) is 4.39. The predicted molar refractivity (Wildman–Crippen MR) is 80.2 cm³/mol. The summed E-state index contributed by atoms with van der Waals surface area (Å²) in [5.74, 6) is -0.801. The third-order valence-corrected chi connectivity index (χ3v) is 2.78. The second-order valence-electron chi connectivity index (χ2n) is 4.82. The van der Waals surface area contributed by atoms with E-state index in [9.17, 15) is 9.59 Å². The van der Waals surface area contributed by atoms with Crippen LogP contribution in [0.1, 0.15) is 60.3 Å². The summed E-state index contributed by atoms with van der Waals surface area (Å²) in [5.41, 5.74) is 2.49. The highest BCUT2D eigenvalue weighted by molar-refractivity contribution is 5.69. The molecule has 0 radical (unpaired) electrons. The summed E-state index contributed by atoms with van der Waals surface area (Å²) in [7, 11) is 0. The van der Waals surface area contributed by atoms with Gasteiger partial charge in [-0.15, -0.1) is 0 Å². The van der Waals surface area contributed by atoms with Gasteiger partial charge < -0.3 is 5.11 Å². The molecule has 0 aliphatic heterocycles. The lowest BCUT2D eigenvalue weighted by Crippen LogP contribution is -2.10. The Hall–Kier alpha value is -1.38. The fourth-order valence-corrected chi connectivity index (χ4v) is 1.43. The zero-order chi connectivity index (χ0) is 15.3. The van der Waals surface area contributed by atoms with E-state index in [2.05, 4.69) is 19.9 Å². The SMILES string of the molecule is CC(C)=CCCC(C)=CC=O.CCC(CC)C(=O)O. The fraction of sp³-hybridized carbons (Fsp3) is 0.625. The molecule has 0 unspecified atom stereocenters. The van der Waals surface area contributed by atoms with E-state index in [-0.39, 0.29) is 5.92 Å². The van der Waals surface area contributed by atoms with Gasteiger partial charge in [-0.1, -0.05) is 31.1 Å². The summed E-state index contributed by atoms with van der Waals surface area (Å²) in [5, 5.41) is 8.37. The first kappa shape index (κ1) is 19.9. The lowest BCUT2D eigenvalue weighted by molar-refractivity contribution is -0.141. The van der Waals surface area contributed by atoms with Gasteiger partial charge in [-0.2, -0.15) is 0 Å². The quantitative estimate of drug-likeness (QED) is 0.423. The van der Waals surface area contributed by atoms with Gasteiger partial charge in [-0.25, -0.2) is 0 Å². The number of aliphatic carboxylic acids is 1. The van der Waals surface area contributed by atoms with Crippen LogP contribution in [0.3, 0.4) is 0 Å². The molecule has 0 aliphatic rings. The van der Waals surface area contributed by atoms with Crippen molar-refractivity contribution in [1.29, 1.82) is 0 Å². The van der Waals surface area contributed by atoms with Gasteiger partial charge in [0.25, 0.3) is 0 Å². The van der Waals surface area contributed by atoms with Gasteiger partial charge in [0, 0.05) is 0 Å². The molecule has 1 N–H and O–H groups in total. The van der Waals surface area contributed by atoms with Crippen molar-refractivity contribution in [3.05, 3.63) is 23.3 Å². The first-order chi connectivity index (χ1) is 8.88. The number of rotatable bonds is 7. The van der Waals surface area contributed by atoms with Crippen molar-refractivity contribution in [3.63, 3.8) is 0 Å². The van der Waals surface area contributed by atoms with Gasteiger partial charge in [-0.3, -0.25) is 9.59 Å². The Morgan fingerprint density at radius 3 is 1.95 bits per heavy atom. The highest BCUT2D eigenvalue weighted by Gasteiger charge is 2.10. The summed E-state index contributed by atoms with van der Waals surface area (Å²) in [4.78, 5) is 20.2. The smallest absolute Gasteiger partial charge is 0.306 e. The molecule has 0 saturated carbocycles. The second kappa shape index (κ2) is 13.1. The molecule has 0 spiro atoms. The first-order valence-corrected chi connectivity index (χ1v) is 6.86. The Bertz CT molecular complexity index is 306. The van der Waals surface area contributed by atoms with Gasteiger partial charge in [0.05, 0.1) is 5.92 Å². The highest BCUT2D eigenvalue weighted by atomic mass is 16.4. The minimum Gasteiger partial charge on any atom is -0.481 e. The van der Waals surface area contributed by atoms with Crippen molar-refractivity contribution in [2.45, 2.75) is 60.3 Å². The van der Waals surface area contributed by atoms with Crippen LogP contribution in [0.25, 0.3) is 0 Å². The second-order valence-corrected chi connectivity index (χ2v) is 4.82. The van der Waals surface area contributed by atoms with Crippen LogP contribution in [0.5, 0.6) is 0 Å². The van der Waals surface area contributed by atoms with E-state index < -0.39 is 5.97 Å². The molecular formula is C16H28O3. The molecule has 0 aromatic heterocycles. The van der Waals surface area contributed by atoms with Crippen LogP contribution < -0.4 is 0 Å². The van der Waals surface area contributed by atoms with Crippen molar-refractivity contribution in [3.8, 4) is 0 Å². The maximum atomic E-state index is 10.2. The lowest BCUT2D eigenvalue weighted by Gasteiger charge is -2.02. The minimum atomic E-state index is -0.671. The molecule has 0 bridgehead atoms. The molecule has 19 heavy (non-hydrogen) atoms. The van der Waals surface area contributed by atoms with Crippen LogP contribution in [0, 0.1) is 5.92 Å². The van der Waals surface area contributed by atoms with Gasteiger partial charge >= 0.3 is 5.97 Å². The minimum absolute atomic E-state index is 0.130. The zero-order valence-corrected chi connectivity index (χ0v) is 12.9. The molecule has 0 aromatic rings. The van der Waals surface area contributed by atoms with E-state index >= 15 is 0 Å². The molecule has 0 saturated heterocycles. The standard InChI is InChI=1S/C10H16O.C6H12O2/c1-9(2)5-4-6-10(3)7-8-11;1-3-5(4-2)6(7)8/h5,7-8H,4,6H2,1-3H3;5H,3-4H2,1-2H3,(H,7,8). The number of allylic oxidation sites excluding steroid dienone is 4. The molecule has 0 aromatic carbocycles. The average Bonchev–Trinajstić information content (AvgIpc) is 2.30. The molecule has 0 aliphatic carbocycles. The Balaban J connectivity index is 0. The van der Waals surface area contributed by atoms with Gasteiger partial charge in [0.15, 0.2) is 0 Å². The number of carbonyl (C=O) groups is 2. The number of hydrogen-bond donors (Lipinski definition) is 1. The summed E-state index contributed by atoms with van der Waals surface area (Å²) in [6.07, 6.45) is 8.17. The van der Waals surface area contributed by atoms with E-state index in [4.69, 9.17) is 5.11 Å². The first-order valence-electron chi connectivity index (χ1n) is 6.86. The lowest BCUT2D eigenvalue weighted by atomic mass is 10.1. The molecular weight excluding hydrogens is 240 g/mol. The van der Waals surface area contributed by atoms with E-state index in [1.807, 2.05) is 20.8 Å². The van der Waals surface area contributed by atoms with Crippen LogP contribution in [-0.2, 0) is 9.59 Å². The van der Waals surface area contributed by atoms with Gasteiger partial charge in [0.1, 0.15) is 6.29 Å². The number of carboxylic acid groups (broad SMARTS) is 1. The zero-order valence-electron chi connectivity index (χ0n) is 12.9. The molecule has 3 nitrogen and oxygen atoms in total. The number of hydrogen-bond acceptors (Lipinski definition) is 2. The molecule has 0 heterocycles. The van der Waals surface area contributed by atoms with Crippen molar-refractivity contribution >= 4 is 12.3 Å². The van der Waals surface area contributed by atoms with Crippen LogP contribution in [0.15, 0.2) is 23.3 Å². The molecule has 0 amide bonds. The summed E-state index contributed by atoms with van der Waals surface area (Å²) in [6, 6.07) is 0. The largest absolute Gasteiger partial charge is 0.481 e. The average molecular weight is 268 g/mol. The molecule has 0 rings (SSSR count). The maximum Gasteiger partial charge on any atom is 0.306 e. The van der Waals surface area contributed by atoms with E-state index in [0.717, 1.165) is 37.5 Å². The fourth-order valence-electron chi connectivity index (χ4n) is 1.43. The topological polar surface area (TPSA) is 54.4 Å². The van der Waals surface area contributed by atoms with Crippen LogP contribution in [0.4, 0.5) is 0 Å². The van der Waals surface area contributed by atoms with E-state index in [1.165, 1.54) is 5.57 Å². The highest BCUT2D eigenvalue weighted by Crippen LogP contribution is 2.06. The molecule has 0 atom stereocenters. The number of carbonyl (C=O) groups excluding carboxylic acids is 1. The van der Waals surface area contributed by atoms with Gasteiger partial charge in [0.2, 0.25) is 0 Å². The Morgan fingerprint density at radius 2 is 1.68 bits per heavy atom. The van der Waals surface area contributed by atoms with Crippen molar-refractivity contribution < 1.29 is 14.7 Å². The van der Waals surface area contributed by atoms with Crippen molar-refractivity contribution in [1.82, 2.24) is 0 Å². The molecule has 0 fully saturated rings. The summed E-state index contributed by atoms with van der Waals surface area (Å²) >= 11 is 0. The molecule has 110 valence electrons. The monoisotopic (exact) mass is 268 g/mol. The van der Waals surface area contributed by atoms with Gasteiger partial charge in [-0.05, 0) is 52.5 Å². The van der Waals surface area contributed by atoms with E-state index in [0.29, 0.717) is 0 Å². The number of carboxylic acids is 1. The Kier molecular flexibility index (Phi) is 13.7. The van der Waals surface area contributed by atoms with E-state index in [1.54, 1.807) is 6.08 Å². The van der Waals surface area contributed by atoms with Crippen LogP contribution in [0.2, 0.25) is 0 Å². The Labute approximate surface area is 117 Å². The summed E-state index contributed by atoms with van der Waals surface area (Å²) < 4.78 is 0. The van der Waals surface area contributed by atoms with Crippen molar-refractivity contribution in [2.75, 3.05) is 0 Å². The summed E-state index contributed by atoms with van der Waals surface area (Å²) in [6.45, 7) is 9.93. The third kappa shape index (κ3) is 14.6. The van der Waals surface area contributed by atoms with Crippen LogP contribution >= 0.6 is 0 Å². The number of aldehydes is 1. The Morgan fingerprint density at radius 1 is 1.16 bits per heavy atom. The third-order valence-electron chi connectivity index (χ3n) is 2.78. The van der Waals surface area contributed by atoms with Crippen molar-refractivity contribution in [2.24, 2.45) is 5.92 Å². The molecule has 3 heteroatoms.